The van der Waals surface area contributed by atoms with E-state index in [0.717, 1.165) is 17.8 Å². The highest BCUT2D eigenvalue weighted by Gasteiger charge is 2.53. The fraction of sp³-hybridized carbons (Fsp3) is 0.652. The number of nitrogens with one attached hydrogen (secondary N) is 1. The van der Waals surface area contributed by atoms with Crippen LogP contribution in [-0.4, -0.2) is 43.5 Å². The summed E-state index contributed by atoms with van der Waals surface area (Å²) in [5.41, 5.74) is 0.545. The molecule has 0 aromatic heterocycles. The zero-order chi connectivity index (χ0) is 22.3. The highest BCUT2D eigenvalue weighted by molar-refractivity contribution is 5.97. The van der Waals surface area contributed by atoms with E-state index in [1.54, 1.807) is 19.0 Å². The molecular weight excluding hydrogens is 398 g/mol. The molecule has 8 nitrogen and oxygen atoms in total. The van der Waals surface area contributed by atoms with E-state index in [1.807, 2.05) is 0 Å². The molecule has 1 amide bonds. The van der Waals surface area contributed by atoms with Crippen LogP contribution in [0.2, 0.25) is 0 Å². The third-order valence-electron chi connectivity index (χ3n) is 7.61. The van der Waals surface area contributed by atoms with Crippen LogP contribution in [0.15, 0.2) is 18.2 Å². The predicted octanol–water partition coefficient (Wildman–Crippen LogP) is 3.54. The van der Waals surface area contributed by atoms with Crippen LogP contribution in [0.5, 0.6) is 0 Å². The number of hydrogen-bond acceptors (Lipinski definition) is 6. The van der Waals surface area contributed by atoms with Crippen molar-refractivity contribution in [2.45, 2.75) is 51.5 Å². The first-order chi connectivity index (χ1) is 14.7. The van der Waals surface area contributed by atoms with Gasteiger partial charge in [-0.3, -0.25) is 14.9 Å². The van der Waals surface area contributed by atoms with E-state index in [-0.39, 0.29) is 28.6 Å². The lowest BCUT2D eigenvalue weighted by molar-refractivity contribution is -0.384. The van der Waals surface area contributed by atoms with E-state index in [1.165, 1.54) is 56.7 Å². The zero-order valence-electron chi connectivity index (χ0n) is 18.4. The third-order valence-corrected chi connectivity index (χ3v) is 7.61. The standard InChI is InChI=1S/C23H31N3O5/c1-14(23-10-15-6-16(11-23)8-17(7-15)12-23)24-21(27)13-31-22(28)19-9-18(26(29)30)4-5-20(19)25(2)3/h4-5,9,14-17H,6-8,10-13H2,1-3H3,(H,24,27)/t14-,15?,16?,17?,23?/m0/s1. The Hall–Kier alpha value is -2.64. The minimum absolute atomic E-state index is 0.0438. The molecule has 1 atom stereocenters. The molecule has 8 heteroatoms. The van der Waals surface area contributed by atoms with Crippen molar-refractivity contribution >= 4 is 23.3 Å². The van der Waals surface area contributed by atoms with Gasteiger partial charge in [0.15, 0.2) is 6.61 Å². The number of carbonyl (C=O) groups excluding carboxylic acids is 2. The van der Waals surface area contributed by atoms with Gasteiger partial charge in [0.1, 0.15) is 0 Å². The summed E-state index contributed by atoms with van der Waals surface area (Å²) in [6.07, 6.45) is 7.57. The summed E-state index contributed by atoms with van der Waals surface area (Å²) in [5, 5.41) is 14.2. The summed E-state index contributed by atoms with van der Waals surface area (Å²) in [5.74, 6) is 1.31. The molecule has 0 spiro atoms. The minimum Gasteiger partial charge on any atom is -0.452 e. The number of hydrogen-bond donors (Lipinski definition) is 1. The van der Waals surface area contributed by atoms with E-state index >= 15 is 0 Å². The molecule has 0 aliphatic heterocycles. The predicted molar refractivity (Wildman–Crippen MR) is 116 cm³/mol. The first-order valence-corrected chi connectivity index (χ1v) is 11.1. The highest BCUT2D eigenvalue weighted by atomic mass is 16.6. The third kappa shape index (κ3) is 4.25. The Labute approximate surface area is 182 Å². The maximum Gasteiger partial charge on any atom is 0.341 e. The van der Waals surface area contributed by atoms with Gasteiger partial charge in [-0.2, -0.15) is 0 Å². The second-order valence-corrected chi connectivity index (χ2v) is 10.00. The normalized spacial score (nSPS) is 29.3. The number of esters is 1. The number of nitrogens with zero attached hydrogens (tertiary/aromatic N) is 2. The van der Waals surface area contributed by atoms with E-state index in [2.05, 4.69) is 12.2 Å². The zero-order valence-corrected chi connectivity index (χ0v) is 18.4. The lowest BCUT2D eigenvalue weighted by Crippen LogP contribution is -2.56. The van der Waals surface area contributed by atoms with Crippen molar-refractivity contribution in [3.05, 3.63) is 33.9 Å². The molecular formula is C23H31N3O5. The van der Waals surface area contributed by atoms with Crippen LogP contribution < -0.4 is 10.2 Å². The lowest BCUT2D eigenvalue weighted by atomic mass is 9.48. The van der Waals surface area contributed by atoms with Crippen molar-refractivity contribution in [2.24, 2.45) is 23.2 Å². The molecule has 4 aliphatic carbocycles. The van der Waals surface area contributed by atoms with Crippen LogP contribution in [0.25, 0.3) is 0 Å². The summed E-state index contributed by atoms with van der Waals surface area (Å²) >= 11 is 0. The topological polar surface area (TPSA) is 102 Å². The van der Waals surface area contributed by atoms with Gasteiger partial charge in [0.2, 0.25) is 0 Å². The molecule has 31 heavy (non-hydrogen) atoms. The van der Waals surface area contributed by atoms with Crippen LogP contribution in [0.4, 0.5) is 11.4 Å². The molecule has 4 saturated carbocycles. The van der Waals surface area contributed by atoms with Crippen molar-refractivity contribution in [3.63, 3.8) is 0 Å². The maximum absolute atomic E-state index is 12.6. The van der Waals surface area contributed by atoms with E-state index in [9.17, 15) is 19.7 Å². The van der Waals surface area contributed by atoms with Crippen molar-refractivity contribution in [3.8, 4) is 0 Å². The number of nitro groups is 1. The summed E-state index contributed by atoms with van der Waals surface area (Å²) < 4.78 is 5.23. The molecule has 5 rings (SSSR count). The average molecular weight is 430 g/mol. The minimum atomic E-state index is -0.745. The molecule has 1 aromatic rings. The Morgan fingerprint density at radius 1 is 1.19 bits per heavy atom. The van der Waals surface area contributed by atoms with Crippen molar-refractivity contribution in [1.29, 1.82) is 0 Å². The van der Waals surface area contributed by atoms with Crippen molar-refractivity contribution in [2.75, 3.05) is 25.6 Å². The molecule has 0 heterocycles. The summed E-state index contributed by atoms with van der Waals surface area (Å²) in [4.78, 5) is 37.4. The van der Waals surface area contributed by atoms with Crippen LogP contribution >= 0.6 is 0 Å². The number of ether oxygens (including phenoxy) is 1. The van der Waals surface area contributed by atoms with E-state index in [4.69, 9.17) is 4.74 Å². The van der Waals surface area contributed by atoms with Gasteiger partial charge in [0.05, 0.1) is 16.2 Å². The molecule has 0 radical (unpaired) electrons. The molecule has 4 fully saturated rings. The number of nitro benzene ring substituents is 1. The molecule has 1 aromatic carbocycles. The Morgan fingerprint density at radius 3 is 2.29 bits per heavy atom. The Morgan fingerprint density at radius 2 is 1.77 bits per heavy atom. The van der Waals surface area contributed by atoms with Gasteiger partial charge < -0.3 is 15.0 Å². The summed E-state index contributed by atoms with van der Waals surface area (Å²) in [6, 6.07) is 4.08. The van der Waals surface area contributed by atoms with Gasteiger partial charge in [0.25, 0.3) is 11.6 Å². The smallest absolute Gasteiger partial charge is 0.341 e. The number of benzene rings is 1. The number of anilines is 1. The van der Waals surface area contributed by atoms with Gasteiger partial charge in [-0.05, 0) is 74.7 Å². The quantitative estimate of drug-likeness (QED) is 0.404. The van der Waals surface area contributed by atoms with Crippen LogP contribution in [0.3, 0.4) is 0 Å². The second-order valence-electron chi connectivity index (χ2n) is 10.00. The fourth-order valence-corrected chi connectivity index (χ4v) is 6.54. The molecule has 1 N–H and O–H groups in total. The fourth-order valence-electron chi connectivity index (χ4n) is 6.54. The maximum atomic E-state index is 12.6. The number of carbonyl (C=O) groups is 2. The Balaban J connectivity index is 1.37. The molecule has 168 valence electrons. The number of amides is 1. The SMILES string of the molecule is C[C@H](NC(=O)COC(=O)c1cc([N+](=O)[O-])ccc1N(C)C)C12CC3CC(CC(C3)C1)C2. The van der Waals surface area contributed by atoms with Crippen LogP contribution in [-0.2, 0) is 9.53 Å². The van der Waals surface area contributed by atoms with Crippen LogP contribution in [0, 0.1) is 33.3 Å². The lowest BCUT2D eigenvalue weighted by Gasteiger charge is -2.59. The number of rotatable bonds is 7. The Bertz CT molecular complexity index is 862. The average Bonchev–Trinajstić information content (AvgIpc) is 2.70. The van der Waals surface area contributed by atoms with Gasteiger partial charge in [-0.25, -0.2) is 4.79 Å². The largest absolute Gasteiger partial charge is 0.452 e. The van der Waals surface area contributed by atoms with Crippen LogP contribution in [0.1, 0.15) is 55.8 Å². The number of non-ortho nitro benzene ring substituents is 1. The monoisotopic (exact) mass is 429 g/mol. The van der Waals surface area contributed by atoms with Gasteiger partial charge in [0, 0.05) is 32.3 Å². The van der Waals surface area contributed by atoms with Gasteiger partial charge in [-0.15, -0.1) is 0 Å². The summed E-state index contributed by atoms with van der Waals surface area (Å²) in [6.45, 7) is 1.68. The second kappa shape index (κ2) is 8.13. The van der Waals surface area contributed by atoms with Gasteiger partial charge in [-0.1, -0.05) is 0 Å². The van der Waals surface area contributed by atoms with E-state index in [0.29, 0.717) is 5.69 Å². The molecule has 0 saturated heterocycles. The highest BCUT2D eigenvalue weighted by Crippen LogP contribution is 2.61. The summed E-state index contributed by atoms with van der Waals surface area (Å²) in [7, 11) is 3.47. The van der Waals surface area contributed by atoms with Gasteiger partial charge >= 0.3 is 5.97 Å². The molecule has 0 unspecified atom stereocenters. The molecule has 4 bridgehead atoms. The Kier molecular flexibility index (Phi) is 5.66. The first kappa shape index (κ1) is 21.6. The van der Waals surface area contributed by atoms with Crippen molar-refractivity contribution in [1.82, 2.24) is 5.32 Å². The molecule has 4 aliphatic rings. The van der Waals surface area contributed by atoms with Crippen molar-refractivity contribution < 1.29 is 19.2 Å². The first-order valence-electron chi connectivity index (χ1n) is 11.1. The van der Waals surface area contributed by atoms with E-state index < -0.39 is 17.5 Å².